The van der Waals surface area contributed by atoms with Gasteiger partial charge in [0.1, 0.15) is 18.1 Å². The fourth-order valence-corrected chi connectivity index (χ4v) is 2.61. The molecule has 0 aliphatic carbocycles. The fraction of sp³-hybridized carbons (Fsp3) is 0.222. The van der Waals surface area contributed by atoms with Crippen LogP contribution in [0.15, 0.2) is 48.7 Å². The van der Waals surface area contributed by atoms with Crippen LogP contribution in [0, 0.1) is 6.92 Å². The molecule has 0 amide bonds. The lowest BCUT2D eigenvalue weighted by molar-refractivity contribution is 0.305. The van der Waals surface area contributed by atoms with Crippen molar-refractivity contribution in [1.82, 2.24) is 4.57 Å². The zero-order chi connectivity index (χ0) is 14.8. The molecule has 0 spiro atoms. The number of ether oxygens (including phenoxy) is 1. The zero-order valence-corrected chi connectivity index (χ0v) is 12.3. The summed E-state index contributed by atoms with van der Waals surface area (Å²) in [5, 5.41) is 10.8. The van der Waals surface area contributed by atoms with Crippen molar-refractivity contribution in [3.05, 3.63) is 59.8 Å². The highest BCUT2D eigenvalue weighted by Gasteiger charge is 2.09. The summed E-state index contributed by atoms with van der Waals surface area (Å²) in [5.41, 5.74) is 3.31. The van der Waals surface area contributed by atoms with Crippen molar-refractivity contribution in [3.8, 4) is 11.5 Å². The Labute approximate surface area is 124 Å². The van der Waals surface area contributed by atoms with E-state index in [9.17, 15) is 5.11 Å². The van der Waals surface area contributed by atoms with Crippen LogP contribution in [-0.4, -0.2) is 9.67 Å². The summed E-state index contributed by atoms with van der Waals surface area (Å²) in [6.07, 6.45) is 2.10. The van der Waals surface area contributed by atoms with Gasteiger partial charge in [0.2, 0.25) is 0 Å². The molecule has 21 heavy (non-hydrogen) atoms. The molecule has 0 aliphatic heterocycles. The number of rotatable bonds is 4. The molecule has 108 valence electrons. The molecule has 0 saturated heterocycles. The lowest BCUT2D eigenvalue weighted by Crippen LogP contribution is -1.96. The first kappa shape index (κ1) is 13.6. The molecule has 0 unspecified atom stereocenters. The van der Waals surface area contributed by atoms with Crippen LogP contribution in [0.3, 0.4) is 0 Å². The molecule has 3 rings (SSSR count). The molecule has 3 aromatic rings. The first-order valence-electron chi connectivity index (χ1n) is 7.18. The van der Waals surface area contributed by atoms with Crippen LogP contribution in [0.2, 0.25) is 0 Å². The minimum Gasteiger partial charge on any atom is -0.508 e. The minimum atomic E-state index is 0.293. The Morgan fingerprint density at radius 1 is 1.14 bits per heavy atom. The van der Waals surface area contributed by atoms with Crippen LogP contribution in [0.5, 0.6) is 11.5 Å². The van der Waals surface area contributed by atoms with E-state index < -0.39 is 0 Å². The summed E-state index contributed by atoms with van der Waals surface area (Å²) in [6.45, 7) is 5.53. The molecule has 3 heteroatoms. The number of hydrogen-bond donors (Lipinski definition) is 1. The summed E-state index contributed by atoms with van der Waals surface area (Å²) < 4.78 is 8.07. The number of phenols is 1. The Kier molecular flexibility index (Phi) is 3.57. The molecule has 0 bridgehead atoms. The van der Waals surface area contributed by atoms with Crippen molar-refractivity contribution >= 4 is 10.9 Å². The molecule has 0 aliphatic rings. The highest BCUT2D eigenvalue weighted by molar-refractivity contribution is 5.85. The number of nitrogens with zero attached hydrogens (tertiary/aromatic N) is 1. The van der Waals surface area contributed by atoms with Gasteiger partial charge in [0.15, 0.2) is 0 Å². The van der Waals surface area contributed by atoms with Gasteiger partial charge in [-0.1, -0.05) is 18.2 Å². The number of hydrogen-bond acceptors (Lipinski definition) is 2. The maximum atomic E-state index is 9.66. The van der Waals surface area contributed by atoms with Crippen molar-refractivity contribution in [2.24, 2.45) is 0 Å². The SMILES string of the molecule is CCn1cc(COc2ccccc2C)c2ccc(O)cc21. The third-order valence-electron chi connectivity index (χ3n) is 3.77. The molecule has 0 saturated carbocycles. The Morgan fingerprint density at radius 2 is 1.95 bits per heavy atom. The molecule has 0 radical (unpaired) electrons. The monoisotopic (exact) mass is 281 g/mol. The summed E-state index contributed by atoms with van der Waals surface area (Å²) in [4.78, 5) is 0. The highest BCUT2D eigenvalue weighted by atomic mass is 16.5. The predicted octanol–water partition coefficient (Wildman–Crippen LogP) is 4.25. The summed E-state index contributed by atoms with van der Waals surface area (Å²) in [5.74, 6) is 1.20. The standard InChI is InChI=1S/C18H19NO2/c1-3-19-11-14(16-9-8-15(20)10-17(16)19)12-21-18-7-5-4-6-13(18)2/h4-11,20H,3,12H2,1-2H3. The highest BCUT2D eigenvalue weighted by Crippen LogP contribution is 2.27. The van der Waals surface area contributed by atoms with E-state index in [0.29, 0.717) is 12.4 Å². The van der Waals surface area contributed by atoms with Crippen LogP contribution in [0.1, 0.15) is 18.1 Å². The number of aryl methyl sites for hydroxylation is 2. The average Bonchev–Trinajstić information content (AvgIpc) is 2.83. The van der Waals surface area contributed by atoms with E-state index >= 15 is 0 Å². The summed E-state index contributed by atoms with van der Waals surface area (Å²) in [7, 11) is 0. The molecular weight excluding hydrogens is 262 g/mol. The quantitative estimate of drug-likeness (QED) is 0.775. The Bertz CT molecular complexity index is 774. The first-order valence-corrected chi connectivity index (χ1v) is 7.18. The predicted molar refractivity (Wildman–Crippen MR) is 84.8 cm³/mol. The molecule has 1 N–H and O–H groups in total. The topological polar surface area (TPSA) is 34.4 Å². The van der Waals surface area contributed by atoms with E-state index in [2.05, 4.69) is 17.7 Å². The molecule has 1 heterocycles. The number of fused-ring (bicyclic) bond motifs is 1. The van der Waals surface area contributed by atoms with Gasteiger partial charge >= 0.3 is 0 Å². The van der Waals surface area contributed by atoms with Gasteiger partial charge in [0.05, 0.1) is 5.52 Å². The van der Waals surface area contributed by atoms with Gasteiger partial charge in [0, 0.05) is 29.8 Å². The van der Waals surface area contributed by atoms with Gasteiger partial charge in [-0.2, -0.15) is 0 Å². The van der Waals surface area contributed by atoms with Gasteiger partial charge in [-0.25, -0.2) is 0 Å². The lowest BCUT2D eigenvalue weighted by atomic mass is 10.2. The van der Waals surface area contributed by atoms with E-state index in [-0.39, 0.29) is 0 Å². The molecule has 1 aromatic heterocycles. The maximum absolute atomic E-state index is 9.66. The second-order valence-electron chi connectivity index (χ2n) is 5.20. The second-order valence-corrected chi connectivity index (χ2v) is 5.20. The molecular formula is C18H19NO2. The Hall–Kier alpha value is -2.42. The van der Waals surface area contributed by atoms with Gasteiger partial charge in [-0.15, -0.1) is 0 Å². The van der Waals surface area contributed by atoms with Crippen LogP contribution in [0.4, 0.5) is 0 Å². The third kappa shape index (κ3) is 2.59. The smallest absolute Gasteiger partial charge is 0.122 e. The zero-order valence-electron chi connectivity index (χ0n) is 12.3. The van der Waals surface area contributed by atoms with Crippen molar-refractivity contribution < 1.29 is 9.84 Å². The van der Waals surface area contributed by atoms with Gasteiger partial charge in [-0.05, 0) is 37.6 Å². The molecule has 3 nitrogen and oxygen atoms in total. The number of benzene rings is 2. The van der Waals surface area contributed by atoms with Crippen molar-refractivity contribution in [2.75, 3.05) is 0 Å². The van der Waals surface area contributed by atoms with Crippen LogP contribution in [0.25, 0.3) is 10.9 Å². The fourth-order valence-electron chi connectivity index (χ4n) is 2.61. The Morgan fingerprint density at radius 3 is 2.71 bits per heavy atom. The summed E-state index contributed by atoms with van der Waals surface area (Å²) in [6, 6.07) is 13.5. The average molecular weight is 281 g/mol. The normalized spacial score (nSPS) is 11.0. The van der Waals surface area contributed by atoms with E-state index in [1.807, 2.05) is 37.3 Å². The van der Waals surface area contributed by atoms with E-state index in [0.717, 1.165) is 34.3 Å². The lowest BCUT2D eigenvalue weighted by Gasteiger charge is -2.08. The largest absolute Gasteiger partial charge is 0.508 e. The van der Waals surface area contributed by atoms with Gasteiger partial charge < -0.3 is 14.4 Å². The Balaban J connectivity index is 1.92. The van der Waals surface area contributed by atoms with Crippen LogP contribution >= 0.6 is 0 Å². The first-order chi connectivity index (χ1) is 10.2. The summed E-state index contributed by atoms with van der Waals surface area (Å²) >= 11 is 0. The van der Waals surface area contributed by atoms with E-state index in [1.165, 1.54) is 0 Å². The van der Waals surface area contributed by atoms with Crippen LogP contribution in [-0.2, 0) is 13.2 Å². The number of para-hydroxylation sites is 1. The minimum absolute atomic E-state index is 0.293. The molecule has 2 aromatic carbocycles. The number of aromatic nitrogens is 1. The van der Waals surface area contributed by atoms with Gasteiger partial charge in [0.25, 0.3) is 0 Å². The van der Waals surface area contributed by atoms with Crippen molar-refractivity contribution in [3.63, 3.8) is 0 Å². The molecule has 0 fully saturated rings. The van der Waals surface area contributed by atoms with Crippen LogP contribution < -0.4 is 4.74 Å². The second kappa shape index (κ2) is 5.52. The maximum Gasteiger partial charge on any atom is 0.122 e. The van der Waals surface area contributed by atoms with E-state index in [4.69, 9.17) is 4.74 Å². The number of aromatic hydroxyl groups is 1. The molecule has 0 atom stereocenters. The van der Waals surface area contributed by atoms with Gasteiger partial charge in [-0.3, -0.25) is 0 Å². The third-order valence-corrected chi connectivity index (χ3v) is 3.77. The number of phenolic OH excluding ortho intramolecular Hbond substituents is 1. The van der Waals surface area contributed by atoms with Crippen molar-refractivity contribution in [2.45, 2.75) is 27.0 Å². The van der Waals surface area contributed by atoms with Crippen molar-refractivity contribution in [1.29, 1.82) is 0 Å². The van der Waals surface area contributed by atoms with E-state index in [1.54, 1.807) is 12.1 Å².